The van der Waals surface area contributed by atoms with E-state index in [9.17, 15) is 13.2 Å². The van der Waals surface area contributed by atoms with Gasteiger partial charge in [-0.05, 0) is 37.3 Å². The van der Waals surface area contributed by atoms with E-state index in [1.807, 2.05) is 13.0 Å². The first kappa shape index (κ1) is 11.6. The van der Waals surface area contributed by atoms with Gasteiger partial charge in [-0.1, -0.05) is 12.1 Å². The summed E-state index contributed by atoms with van der Waals surface area (Å²) in [5.74, 6) is 0. The maximum Gasteiger partial charge on any atom is 0.416 e. The van der Waals surface area contributed by atoms with Gasteiger partial charge in [0, 0.05) is 5.39 Å². The minimum atomic E-state index is -4.31. The second-order valence-corrected chi connectivity index (χ2v) is 3.64. The first-order chi connectivity index (χ1) is 8.00. The summed E-state index contributed by atoms with van der Waals surface area (Å²) >= 11 is 0. The van der Waals surface area contributed by atoms with Gasteiger partial charge in [0.1, 0.15) is 0 Å². The van der Waals surface area contributed by atoms with Crippen LogP contribution in [0.5, 0.6) is 0 Å². The molecule has 0 amide bonds. The van der Waals surface area contributed by atoms with Crippen molar-refractivity contribution in [3.05, 3.63) is 47.7 Å². The Morgan fingerprint density at radius 3 is 2.53 bits per heavy atom. The molecule has 0 atom stereocenters. The topological polar surface area (TPSA) is 12.9 Å². The molecule has 0 aliphatic rings. The number of alkyl halides is 3. The lowest BCUT2D eigenvalue weighted by atomic mass is 10.1. The van der Waals surface area contributed by atoms with Gasteiger partial charge in [-0.2, -0.15) is 13.2 Å². The summed E-state index contributed by atoms with van der Waals surface area (Å²) in [6.07, 6.45) is -0.675. The Hall–Kier alpha value is -1.84. The minimum Gasteiger partial charge on any atom is -0.248 e. The van der Waals surface area contributed by atoms with Gasteiger partial charge in [0.05, 0.1) is 16.8 Å². The Labute approximate surface area is 96.6 Å². The molecule has 0 fully saturated rings. The number of allylic oxidation sites excluding steroid dienone is 1. The molecule has 2 aromatic rings. The molecule has 0 unspecified atom stereocenters. The van der Waals surface area contributed by atoms with Gasteiger partial charge < -0.3 is 0 Å². The van der Waals surface area contributed by atoms with Gasteiger partial charge in [-0.15, -0.1) is 0 Å². The van der Waals surface area contributed by atoms with Gasteiger partial charge in [-0.3, -0.25) is 0 Å². The molecule has 0 saturated carbocycles. The average Bonchev–Trinajstić information content (AvgIpc) is 2.27. The van der Waals surface area contributed by atoms with Crippen molar-refractivity contribution < 1.29 is 13.2 Å². The highest BCUT2D eigenvalue weighted by atomic mass is 19.4. The number of aromatic nitrogens is 1. The van der Waals surface area contributed by atoms with Crippen LogP contribution in [0.3, 0.4) is 0 Å². The van der Waals surface area contributed by atoms with E-state index in [4.69, 9.17) is 0 Å². The number of benzene rings is 1. The SMILES string of the molecule is C/C=C/c1ccc2cc(C(F)(F)F)ccc2n1. The Bertz CT molecular complexity index is 570. The fraction of sp³-hybridized carbons (Fsp3) is 0.154. The minimum absolute atomic E-state index is 0.494. The van der Waals surface area contributed by atoms with Crippen LogP contribution < -0.4 is 0 Å². The fourth-order valence-electron chi connectivity index (χ4n) is 1.58. The van der Waals surface area contributed by atoms with E-state index < -0.39 is 11.7 Å². The van der Waals surface area contributed by atoms with Crippen LogP contribution in [0.2, 0.25) is 0 Å². The largest absolute Gasteiger partial charge is 0.416 e. The van der Waals surface area contributed by atoms with Gasteiger partial charge in [0.15, 0.2) is 0 Å². The number of hydrogen-bond acceptors (Lipinski definition) is 1. The molecule has 17 heavy (non-hydrogen) atoms. The number of rotatable bonds is 1. The van der Waals surface area contributed by atoms with Crippen molar-refractivity contribution in [3.8, 4) is 0 Å². The summed E-state index contributed by atoms with van der Waals surface area (Å²) in [6.45, 7) is 1.86. The second kappa shape index (κ2) is 4.20. The zero-order valence-electron chi connectivity index (χ0n) is 9.12. The normalized spacial score (nSPS) is 12.5. The van der Waals surface area contributed by atoms with Gasteiger partial charge >= 0.3 is 6.18 Å². The first-order valence-electron chi connectivity index (χ1n) is 5.11. The highest BCUT2D eigenvalue weighted by Crippen LogP contribution is 2.31. The fourth-order valence-corrected chi connectivity index (χ4v) is 1.58. The Morgan fingerprint density at radius 2 is 1.88 bits per heavy atom. The zero-order chi connectivity index (χ0) is 12.5. The second-order valence-electron chi connectivity index (χ2n) is 3.64. The van der Waals surface area contributed by atoms with Crippen molar-refractivity contribution in [2.24, 2.45) is 0 Å². The van der Waals surface area contributed by atoms with Gasteiger partial charge in [0.2, 0.25) is 0 Å². The highest BCUT2D eigenvalue weighted by molar-refractivity contribution is 5.80. The molecule has 0 saturated heterocycles. The van der Waals surface area contributed by atoms with Crippen LogP contribution >= 0.6 is 0 Å². The number of nitrogens with zero attached hydrogens (tertiary/aromatic N) is 1. The van der Waals surface area contributed by atoms with E-state index in [2.05, 4.69) is 4.98 Å². The first-order valence-corrected chi connectivity index (χ1v) is 5.11. The summed E-state index contributed by atoms with van der Waals surface area (Å²) in [5, 5.41) is 0.494. The molecular weight excluding hydrogens is 227 g/mol. The lowest BCUT2D eigenvalue weighted by Gasteiger charge is -2.07. The van der Waals surface area contributed by atoms with Crippen LogP contribution in [0.15, 0.2) is 36.4 Å². The molecule has 0 aliphatic carbocycles. The lowest BCUT2D eigenvalue weighted by molar-refractivity contribution is -0.137. The zero-order valence-corrected chi connectivity index (χ0v) is 9.12. The van der Waals surface area contributed by atoms with Crippen LogP contribution in [-0.2, 0) is 6.18 Å². The van der Waals surface area contributed by atoms with Gasteiger partial charge in [0.25, 0.3) is 0 Å². The monoisotopic (exact) mass is 237 g/mol. The molecule has 2 rings (SSSR count). The molecule has 1 nitrogen and oxygen atoms in total. The molecule has 1 aromatic heterocycles. The van der Waals surface area contributed by atoms with Crippen molar-refractivity contribution in [1.82, 2.24) is 4.98 Å². The average molecular weight is 237 g/mol. The molecule has 0 radical (unpaired) electrons. The number of fused-ring (bicyclic) bond motifs is 1. The van der Waals surface area contributed by atoms with Crippen LogP contribution in [0, 0.1) is 0 Å². The third-order valence-corrected chi connectivity index (χ3v) is 2.38. The van der Waals surface area contributed by atoms with Crippen molar-refractivity contribution in [2.45, 2.75) is 13.1 Å². The molecule has 0 bridgehead atoms. The van der Waals surface area contributed by atoms with Crippen molar-refractivity contribution in [2.75, 3.05) is 0 Å². The van der Waals surface area contributed by atoms with E-state index in [1.165, 1.54) is 6.07 Å². The van der Waals surface area contributed by atoms with Crippen molar-refractivity contribution >= 4 is 17.0 Å². The Morgan fingerprint density at radius 1 is 1.12 bits per heavy atom. The quantitative estimate of drug-likeness (QED) is 0.721. The third-order valence-electron chi connectivity index (χ3n) is 2.38. The third kappa shape index (κ3) is 2.46. The van der Waals surface area contributed by atoms with Crippen LogP contribution in [0.1, 0.15) is 18.2 Å². The van der Waals surface area contributed by atoms with Crippen molar-refractivity contribution in [3.63, 3.8) is 0 Å². The Balaban J connectivity index is 2.54. The molecule has 0 aliphatic heterocycles. The number of pyridine rings is 1. The van der Waals surface area contributed by atoms with E-state index in [0.29, 0.717) is 10.9 Å². The maximum atomic E-state index is 12.5. The van der Waals surface area contributed by atoms with E-state index in [0.717, 1.165) is 17.8 Å². The summed E-state index contributed by atoms with van der Waals surface area (Å²) in [7, 11) is 0. The number of halogens is 3. The smallest absolute Gasteiger partial charge is 0.248 e. The predicted molar refractivity (Wildman–Crippen MR) is 61.5 cm³/mol. The molecule has 88 valence electrons. The van der Waals surface area contributed by atoms with Crippen LogP contribution in [0.4, 0.5) is 13.2 Å². The van der Waals surface area contributed by atoms with E-state index in [1.54, 1.807) is 18.2 Å². The van der Waals surface area contributed by atoms with E-state index in [-0.39, 0.29) is 0 Å². The standard InChI is InChI=1S/C13H10F3N/c1-2-3-11-6-4-9-8-10(13(14,15)16)5-7-12(9)17-11/h2-8H,1H3/b3-2+. The molecule has 0 spiro atoms. The molecule has 4 heteroatoms. The van der Waals surface area contributed by atoms with E-state index >= 15 is 0 Å². The number of hydrogen-bond donors (Lipinski definition) is 0. The summed E-state index contributed by atoms with van der Waals surface area (Å²) < 4.78 is 37.5. The molecule has 1 aromatic carbocycles. The maximum absolute atomic E-state index is 12.5. The summed E-state index contributed by atoms with van der Waals surface area (Å²) in [4.78, 5) is 4.23. The van der Waals surface area contributed by atoms with Crippen molar-refractivity contribution in [1.29, 1.82) is 0 Å². The highest BCUT2D eigenvalue weighted by Gasteiger charge is 2.30. The summed E-state index contributed by atoms with van der Waals surface area (Å²) in [6, 6.07) is 6.90. The molecule has 1 heterocycles. The predicted octanol–water partition coefficient (Wildman–Crippen LogP) is 4.29. The Kier molecular flexibility index (Phi) is 2.88. The van der Waals surface area contributed by atoms with Crippen LogP contribution in [-0.4, -0.2) is 4.98 Å². The van der Waals surface area contributed by atoms with Crippen LogP contribution in [0.25, 0.3) is 17.0 Å². The summed E-state index contributed by atoms with van der Waals surface area (Å²) in [5.41, 5.74) is 0.652. The van der Waals surface area contributed by atoms with Gasteiger partial charge in [-0.25, -0.2) is 4.98 Å². The molecular formula is C13H10F3N. The lowest BCUT2D eigenvalue weighted by Crippen LogP contribution is -2.04. The molecule has 0 N–H and O–H groups in total.